The summed E-state index contributed by atoms with van der Waals surface area (Å²) in [4.78, 5) is 3.92. The molecule has 2 aromatic heterocycles. The molecule has 2 radical (unpaired) electrons. The zero-order chi connectivity index (χ0) is 16.3. The van der Waals surface area contributed by atoms with E-state index in [9.17, 15) is 13.2 Å². The number of alkyl halides is 3. The van der Waals surface area contributed by atoms with Crippen molar-refractivity contribution >= 4 is 13.3 Å². The SMILES string of the molecule is [B]c1cnn(C(c2ccc(OCC(F)(F)F)nc2)C(C)C)c1. The van der Waals surface area contributed by atoms with Gasteiger partial charge in [0.1, 0.15) is 7.85 Å². The number of ether oxygens (including phenoxy) is 1. The Morgan fingerprint density at radius 1 is 1.27 bits per heavy atom. The average Bonchev–Trinajstić information content (AvgIpc) is 2.83. The molecule has 0 saturated carbocycles. The molecule has 0 amide bonds. The van der Waals surface area contributed by atoms with Crippen molar-refractivity contribution < 1.29 is 17.9 Å². The van der Waals surface area contributed by atoms with Crippen LogP contribution in [0.5, 0.6) is 5.88 Å². The molecule has 0 aliphatic carbocycles. The van der Waals surface area contributed by atoms with Gasteiger partial charge < -0.3 is 4.74 Å². The third-order valence-corrected chi connectivity index (χ3v) is 3.02. The van der Waals surface area contributed by atoms with Crippen molar-refractivity contribution in [2.45, 2.75) is 26.1 Å². The van der Waals surface area contributed by atoms with Gasteiger partial charge in [0.2, 0.25) is 5.88 Å². The van der Waals surface area contributed by atoms with E-state index < -0.39 is 12.8 Å². The standard InChI is InChI=1S/C14H15BF3N3O/c1-9(2)13(21-7-11(15)6-20-21)10-3-4-12(19-5-10)22-8-14(16,17)18/h3-7,9,13H,8H2,1-2H3. The molecule has 1 unspecified atom stereocenters. The molecule has 0 fully saturated rings. The molecule has 0 N–H and O–H groups in total. The molecule has 116 valence electrons. The molecule has 2 heterocycles. The fourth-order valence-electron chi connectivity index (χ4n) is 2.16. The Morgan fingerprint density at radius 2 is 2.00 bits per heavy atom. The van der Waals surface area contributed by atoms with Crippen LogP contribution in [0, 0.1) is 5.92 Å². The van der Waals surface area contributed by atoms with Crippen LogP contribution in [0.2, 0.25) is 0 Å². The predicted molar refractivity (Wildman–Crippen MR) is 76.4 cm³/mol. The van der Waals surface area contributed by atoms with Gasteiger partial charge in [-0.25, -0.2) is 4.98 Å². The molecule has 0 saturated heterocycles. The van der Waals surface area contributed by atoms with Crippen LogP contribution in [-0.4, -0.2) is 35.4 Å². The van der Waals surface area contributed by atoms with Crippen LogP contribution in [0.1, 0.15) is 25.5 Å². The topological polar surface area (TPSA) is 39.9 Å². The maximum Gasteiger partial charge on any atom is 0.422 e. The van der Waals surface area contributed by atoms with E-state index >= 15 is 0 Å². The van der Waals surface area contributed by atoms with Crippen molar-refractivity contribution in [3.63, 3.8) is 0 Å². The summed E-state index contributed by atoms with van der Waals surface area (Å²) in [6.45, 7) is 2.66. The Bertz CT molecular complexity index is 611. The van der Waals surface area contributed by atoms with Gasteiger partial charge in [-0.2, -0.15) is 18.3 Å². The summed E-state index contributed by atoms with van der Waals surface area (Å²) < 4.78 is 42.6. The lowest BCUT2D eigenvalue weighted by Gasteiger charge is -2.22. The van der Waals surface area contributed by atoms with Crippen molar-refractivity contribution in [3.05, 3.63) is 36.3 Å². The minimum absolute atomic E-state index is 0.0661. The Kier molecular flexibility index (Phi) is 4.78. The summed E-state index contributed by atoms with van der Waals surface area (Å²) in [5, 5.41) is 4.19. The Morgan fingerprint density at radius 3 is 2.45 bits per heavy atom. The maximum atomic E-state index is 12.1. The molecule has 22 heavy (non-hydrogen) atoms. The van der Waals surface area contributed by atoms with Crippen LogP contribution < -0.4 is 10.2 Å². The fraction of sp³-hybridized carbons (Fsp3) is 0.429. The van der Waals surface area contributed by atoms with Crippen molar-refractivity contribution in [1.29, 1.82) is 0 Å². The molecule has 0 aliphatic heterocycles. The summed E-state index contributed by atoms with van der Waals surface area (Å²) in [6.07, 6.45) is 0.365. The Labute approximate surface area is 127 Å². The summed E-state index contributed by atoms with van der Waals surface area (Å²) in [5.74, 6) is 0.131. The number of hydrogen-bond donors (Lipinski definition) is 0. The van der Waals surface area contributed by atoms with E-state index in [1.807, 2.05) is 13.8 Å². The predicted octanol–water partition coefficient (Wildman–Crippen LogP) is 2.26. The second kappa shape index (κ2) is 6.42. The van der Waals surface area contributed by atoms with E-state index in [1.54, 1.807) is 23.1 Å². The second-order valence-corrected chi connectivity index (χ2v) is 5.28. The van der Waals surface area contributed by atoms with Crippen LogP contribution in [0.25, 0.3) is 0 Å². The van der Waals surface area contributed by atoms with E-state index in [0.717, 1.165) is 5.56 Å². The zero-order valence-electron chi connectivity index (χ0n) is 12.2. The molecule has 0 bridgehead atoms. The van der Waals surface area contributed by atoms with E-state index in [1.165, 1.54) is 12.3 Å². The van der Waals surface area contributed by atoms with E-state index in [0.29, 0.717) is 5.46 Å². The van der Waals surface area contributed by atoms with E-state index in [2.05, 4.69) is 14.8 Å². The smallest absolute Gasteiger partial charge is 0.422 e. The number of aromatic nitrogens is 3. The van der Waals surface area contributed by atoms with Gasteiger partial charge in [0, 0.05) is 24.7 Å². The van der Waals surface area contributed by atoms with Gasteiger partial charge in [0.15, 0.2) is 6.61 Å². The fourth-order valence-corrected chi connectivity index (χ4v) is 2.16. The van der Waals surface area contributed by atoms with Gasteiger partial charge in [-0.1, -0.05) is 19.3 Å². The van der Waals surface area contributed by atoms with Crippen molar-refractivity contribution in [2.75, 3.05) is 6.61 Å². The number of pyridine rings is 1. The lowest BCUT2D eigenvalue weighted by Crippen LogP contribution is -2.20. The van der Waals surface area contributed by atoms with Crippen LogP contribution in [0.15, 0.2) is 30.7 Å². The number of halogens is 3. The molecule has 2 rings (SSSR count). The van der Waals surface area contributed by atoms with Crippen LogP contribution in [-0.2, 0) is 0 Å². The number of nitrogens with zero attached hydrogens (tertiary/aromatic N) is 3. The third kappa shape index (κ3) is 4.25. The first-order valence-electron chi connectivity index (χ1n) is 6.71. The highest BCUT2D eigenvalue weighted by molar-refractivity contribution is 6.31. The summed E-state index contributed by atoms with van der Waals surface area (Å²) in [5.41, 5.74) is 1.36. The van der Waals surface area contributed by atoms with E-state index in [-0.39, 0.29) is 17.8 Å². The van der Waals surface area contributed by atoms with Crippen LogP contribution in [0.4, 0.5) is 13.2 Å². The monoisotopic (exact) mass is 309 g/mol. The molecular formula is C14H15BF3N3O. The van der Waals surface area contributed by atoms with E-state index in [4.69, 9.17) is 7.85 Å². The minimum atomic E-state index is -4.38. The van der Waals surface area contributed by atoms with Gasteiger partial charge in [0.05, 0.1) is 6.04 Å². The molecule has 0 aliphatic rings. The summed E-state index contributed by atoms with van der Waals surface area (Å²) in [6, 6.07) is 2.99. The van der Waals surface area contributed by atoms with Gasteiger partial charge >= 0.3 is 6.18 Å². The quantitative estimate of drug-likeness (QED) is 0.796. The Balaban J connectivity index is 2.16. The molecule has 0 aromatic carbocycles. The molecular weight excluding hydrogens is 294 g/mol. The summed E-state index contributed by atoms with van der Waals surface area (Å²) in [7, 11) is 5.67. The highest BCUT2D eigenvalue weighted by Gasteiger charge is 2.28. The highest BCUT2D eigenvalue weighted by Crippen LogP contribution is 2.26. The summed E-state index contributed by atoms with van der Waals surface area (Å²) >= 11 is 0. The van der Waals surface area contributed by atoms with Gasteiger partial charge in [-0.05, 0) is 17.5 Å². The van der Waals surface area contributed by atoms with Crippen molar-refractivity contribution in [1.82, 2.24) is 14.8 Å². The lowest BCUT2D eigenvalue weighted by atomic mass is 9.97. The first-order valence-corrected chi connectivity index (χ1v) is 6.71. The molecule has 2 aromatic rings. The van der Waals surface area contributed by atoms with Gasteiger partial charge in [-0.3, -0.25) is 4.68 Å². The molecule has 8 heteroatoms. The van der Waals surface area contributed by atoms with Crippen LogP contribution in [0.3, 0.4) is 0 Å². The Hall–Kier alpha value is -1.99. The number of rotatable bonds is 5. The molecule has 4 nitrogen and oxygen atoms in total. The second-order valence-electron chi connectivity index (χ2n) is 5.28. The molecule has 0 spiro atoms. The normalized spacial score (nSPS) is 13.4. The van der Waals surface area contributed by atoms with Gasteiger partial charge in [-0.15, -0.1) is 0 Å². The average molecular weight is 309 g/mol. The maximum absolute atomic E-state index is 12.1. The third-order valence-electron chi connectivity index (χ3n) is 3.02. The van der Waals surface area contributed by atoms with Crippen LogP contribution >= 0.6 is 0 Å². The van der Waals surface area contributed by atoms with Crippen molar-refractivity contribution in [3.8, 4) is 5.88 Å². The largest absolute Gasteiger partial charge is 0.468 e. The highest BCUT2D eigenvalue weighted by atomic mass is 19.4. The number of hydrogen-bond acceptors (Lipinski definition) is 3. The minimum Gasteiger partial charge on any atom is -0.468 e. The lowest BCUT2D eigenvalue weighted by molar-refractivity contribution is -0.154. The van der Waals surface area contributed by atoms with Gasteiger partial charge in [0.25, 0.3) is 0 Å². The first kappa shape index (κ1) is 16.4. The molecule has 1 atom stereocenters. The van der Waals surface area contributed by atoms with Crippen molar-refractivity contribution in [2.24, 2.45) is 5.92 Å². The first-order chi connectivity index (χ1) is 10.3. The zero-order valence-corrected chi connectivity index (χ0v) is 12.2.